The van der Waals surface area contributed by atoms with Gasteiger partial charge >= 0.3 is 0 Å². The summed E-state index contributed by atoms with van der Waals surface area (Å²) >= 11 is 0. The molecule has 0 radical (unpaired) electrons. The molecule has 1 aliphatic carbocycles. The van der Waals surface area contributed by atoms with E-state index in [0.717, 1.165) is 42.6 Å². The number of carbonyl (C=O) groups is 1. The van der Waals surface area contributed by atoms with Crippen LogP contribution in [0.25, 0.3) is 0 Å². The zero-order chi connectivity index (χ0) is 20.1. The van der Waals surface area contributed by atoms with Gasteiger partial charge in [-0.25, -0.2) is 0 Å². The quantitative estimate of drug-likeness (QED) is 0.722. The van der Waals surface area contributed by atoms with Crippen LogP contribution in [0.1, 0.15) is 70.1 Å². The van der Waals surface area contributed by atoms with Crippen molar-refractivity contribution < 1.29 is 23.7 Å². The third-order valence-electron chi connectivity index (χ3n) is 6.08. The van der Waals surface area contributed by atoms with Gasteiger partial charge in [-0.05, 0) is 35.1 Å². The molecule has 3 aliphatic rings. The van der Waals surface area contributed by atoms with Gasteiger partial charge in [0.2, 0.25) is 5.79 Å². The van der Waals surface area contributed by atoms with E-state index in [1.165, 1.54) is 0 Å². The minimum atomic E-state index is -0.709. The largest absolute Gasteiger partial charge is 0.493 e. The van der Waals surface area contributed by atoms with Crippen molar-refractivity contribution in [2.45, 2.75) is 71.2 Å². The van der Waals surface area contributed by atoms with Crippen LogP contribution >= 0.6 is 0 Å². The first-order valence-electron chi connectivity index (χ1n) is 10.2. The topological polar surface area (TPSA) is 54.0 Å². The van der Waals surface area contributed by atoms with Crippen LogP contribution in [0.5, 0.6) is 11.5 Å². The van der Waals surface area contributed by atoms with E-state index < -0.39 is 11.9 Å². The lowest BCUT2D eigenvalue weighted by molar-refractivity contribution is -0.266. The van der Waals surface area contributed by atoms with Crippen LogP contribution in [-0.4, -0.2) is 25.8 Å². The van der Waals surface area contributed by atoms with Crippen molar-refractivity contribution in [3.63, 3.8) is 0 Å². The highest BCUT2D eigenvalue weighted by Crippen LogP contribution is 2.54. The highest BCUT2D eigenvalue weighted by atomic mass is 16.7. The normalized spacial score (nSPS) is 27.6. The molecule has 0 amide bonds. The second kappa shape index (κ2) is 6.80. The number of unbranched alkanes of at least 4 members (excludes halogenated alkanes) is 1. The molecule has 2 heterocycles. The average Bonchev–Trinajstić information content (AvgIpc) is 2.63. The Morgan fingerprint density at radius 3 is 2.50 bits per heavy atom. The van der Waals surface area contributed by atoms with Crippen molar-refractivity contribution in [2.75, 3.05) is 14.2 Å². The summed E-state index contributed by atoms with van der Waals surface area (Å²) in [5, 5.41) is 0. The Morgan fingerprint density at radius 2 is 1.82 bits per heavy atom. The molecule has 0 fully saturated rings. The third-order valence-corrected chi connectivity index (χ3v) is 6.08. The summed E-state index contributed by atoms with van der Waals surface area (Å²) in [6.45, 7) is 6.42. The zero-order valence-corrected chi connectivity index (χ0v) is 17.5. The van der Waals surface area contributed by atoms with Crippen LogP contribution in [0.15, 0.2) is 23.5 Å². The lowest BCUT2D eigenvalue weighted by atomic mass is 9.72. The summed E-state index contributed by atoms with van der Waals surface area (Å²) in [7, 11) is 3.27. The maximum atomic E-state index is 13.1. The van der Waals surface area contributed by atoms with Crippen LogP contribution in [0.2, 0.25) is 0 Å². The first-order valence-corrected chi connectivity index (χ1v) is 10.2. The average molecular weight is 386 g/mol. The first kappa shape index (κ1) is 19.3. The summed E-state index contributed by atoms with van der Waals surface area (Å²) in [5.41, 5.74) is 2.70. The van der Waals surface area contributed by atoms with Gasteiger partial charge in [-0.3, -0.25) is 4.79 Å². The molecule has 152 valence electrons. The van der Waals surface area contributed by atoms with Gasteiger partial charge in [0.1, 0.15) is 11.9 Å². The fourth-order valence-electron chi connectivity index (χ4n) is 4.75. The van der Waals surface area contributed by atoms with Crippen LogP contribution in [-0.2, 0) is 20.7 Å². The van der Waals surface area contributed by atoms with E-state index in [1.54, 1.807) is 14.2 Å². The molecule has 2 bridgehead atoms. The molecular formula is C23H30O5. The lowest BCUT2D eigenvalue weighted by Crippen LogP contribution is -2.49. The number of fused-ring (bicyclic) bond motifs is 5. The third kappa shape index (κ3) is 3.10. The molecule has 2 atom stereocenters. The van der Waals surface area contributed by atoms with Gasteiger partial charge in [-0.15, -0.1) is 0 Å². The van der Waals surface area contributed by atoms with E-state index in [9.17, 15) is 4.79 Å². The predicted octanol–water partition coefficient (Wildman–Crippen LogP) is 4.88. The Labute approximate surface area is 167 Å². The maximum absolute atomic E-state index is 13.1. The molecule has 0 spiro atoms. The molecule has 5 heteroatoms. The number of Topliss-reactive ketones (excluding diaryl/α,β-unsaturated/α-hetero) is 1. The van der Waals surface area contributed by atoms with Gasteiger partial charge in [0, 0.05) is 25.7 Å². The SMILES string of the molecule is CCCC[C@]12Cc3cc(OC)c(OC)cc3[C@H](O1)C1=C(CC(C)(C)CC1=O)O2. The minimum Gasteiger partial charge on any atom is -0.493 e. The Bertz CT molecular complexity index is 838. The molecule has 4 rings (SSSR count). The van der Waals surface area contributed by atoms with Crippen molar-refractivity contribution in [1.29, 1.82) is 0 Å². The molecule has 0 aromatic heterocycles. The van der Waals surface area contributed by atoms with Gasteiger partial charge < -0.3 is 18.9 Å². The zero-order valence-electron chi connectivity index (χ0n) is 17.5. The van der Waals surface area contributed by atoms with Crippen molar-refractivity contribution in [1.82, 2.24) is 0 Å². The molecule has 0 saturated heterocycles. The molecule has 0 unspecified atom stereocenters. The number of methoxy groups -OCH3 is 2. The molecule has 1 aromatic carbocycles. The van der Waals surface area contributed by atoms with Crippen LogP contribution in [0.3, 0.4) is 0 Å². The van der Waals surface area contributed by atoms with E-state index in [1.807, 2.05) is 12.1 Å². The van der Waals surface area contributed by atoms with Crippen molar-refractivity contribution >= 4 is 5.78 Å². The highest BCUT2D eigenvalue weighted by molar-refractivity contribution is 5.98. The molecule has 2 aliphatic heterocycles. The van der Waals surface area contributed by atoms with E-state index in [0.29, 0.717) is 29.9 Å². The van der Waals surface area contributed by atoms with E-state index >= 15 is 0 Å². The fraction of sp³-hybridized carbons (Fsp3) is 0.609. The smallest absolute Gasteiger partial charge is 0.215 e. The van der Waals surface area contributed by atoms with Crippen LogP contribution in [0, 0.1) is 5.41 Å². The fourth-order valence-corrected chi connectivity index (χ4v) is 4.75. The summed E-state index contributed by atoms with van der Waals surface area (Å²) in [4.78, 5) is 13.1. The molecule has 5 nitrogen and oxygen atoms in total. The first-order chi connectivity index (χ1) is 13.3. The van der Waals surface area contributed by atoms with Crippen molar-refractivity contribution in [2.24, 2.45) is 5.41 Å². The minimum absolute atomic E-state index is 0.0894. The van der Waals surface area contributed by atoms with Gasteiger partial charge in [0.05, 0.1) is 19.8 Å². The molecule has 0 N–H and O–H groups in total. The second-order valence-electron chi connectivity index (χ2n) is 8.97. The van der Waals surface area contributed by atoms with E-state index in [4.69, 9.17) is 18.9 Å². The van der Waals surface area contributed by atoms with Crippen LogP contribution < -0.4 is 9.47 Å². The molecular weight excluding hydrogens is 356 g/mol. The highest BCUT2D eigenvalue weighted by Gasteiger charge is 2.52. The maximum Gasteiger partial charge on any atom is 0.215 e. The lowest BCUT2D eigenvalue weighted by Gasteiger charge is -2.50. The van der Waals surface area contributed by atoms with Gasteiger partial charge in [0.25, 0.3) is 0 Å². The number of hydrogen-bond acceptors (Lipinski definition) is 5. The summed E-state index contributed by atoms with van der Waals surface area (Å²) in [6.07, 6.45) is 4.41. The van der Waals surface area contributed by atoms with Crippen LogP contribution in [0.4, 0.5) is 0 Å². The number of hydrogen-bond donors (Lipinski definition) is 0. The number of rotatable bonds is 5. The number of ketones is 1. The van der Waals surface area contributed by atoms with E-state index in [2.05, 4.69) is 20.8 Å². The summed E-state index contributed by atoms with van der Waals surface area (Å²) in [5.74, 6) is 1.59. The van der Waals surface area contributed by atoms with Crippen molar-refractivity contribution in [3.8, 4) is 11.5 Å². The van der Waals surface area contributed by atoms with Crippen molar-refractivity contribution in [3.05, 3.63) is 34.6 Å². The standard InChI is InChI=1S/C23H30O5/c1-6-7-8-23-11-14-9-17(25-4)18(26-5)10-15(14)21(28-23)20-16(24)12-22(2,3)13-19(20)27-23/h9-10,21H,6-8,11-13H2,1-5H3/t21-,23+/m0/s1. The number of carbonyl (C=O) groups excluding carboxylic acids is 1. The Balaban J connectivity index is 1.87. The van der Waals surface area contributed by atoms with Gasteiger partial charge in [-0.2, -0.15) is 0 Å². The Hall–Kier alpha value is -2.01. The van der Waals surface area contributed by atoms with Gasteiger partial charge in [-0.1, -0.05) is 27.2 Å². The van der Waals surface area contributed by atoms with E-state index in [-0.39, 0.29) is 11.2 Å². The molecule has 28 heavy (non-hydrogen) atoms. The Morgan fingerprint density at radius 1 is 1.11 bits per heavy atom. The number of ether oxygens (including phenoxy) is 4. The van der Waals surface area contributed by atoms with Gasteiger partial charge in [0.15, 0.2) is 17.3 Å². The molecule has 1 aromatic rings. The second-order valence-corrected chi connectivity index (χ2v) is 8.97. The summed E-state index contributed by atoms with van der Waals surface area (Å²) in [6, 6.07) is 3.97. The molecule has 0 saturated carbocycles. The Kier molecular flexibility index (Phi) is 4.69. The predicted molar refractivity (Wildman–Crippen MR) is 105 cm³/mol. The monoisotopic (exact) mass is 386 g/mol. The summed E-state index contributed by atoms with van der Waals surface area (Å²) < 4.78 is 24.1. The number of benzene rings is 1. The number of allylic oxidation sites excluding steroid dienone is 1.